The van der Waals surface area contributed by atoms with E-state index in [0.717, 1.165) is 24.7 Å². The van der Waals surface area contributed by atoms with Crippen molar-refractivity contribution in [2.45, 2.75) is 47.0 Å². The van der Waals surface area contributed by atoms with Crippen LogP contribution in [0.3, 0.4) is 0 Å². The first-order valence-corrected chi connectivity index (χ1v) is 4.97. The molecule has 0 amide bonds. The van der Waals surface area contributed by atoms with Crippen molar-refractivity contribution in [2.24, 2.45) is 17.3 Å². The second-order valence-electron chi connectivity index (χ2n) is 4.86. The molecule has 0 aliphatic heterocycles. The van der Waals surface area contributed by atoms with E-state index >= 15 is 0 Å². The molecular weight excluding hydrogens is 148 g/mol. The lowest BCUT2D eigenvalue weighted by Crippen LogP contribution is -2.22. The Morgan fingerprint density at radius 2 is 2.08 bits per heavy atom. The second-order valence-corrected chi connectivity index (χ2v) is 4.86. The zero-order valence-corrected chi connectivity index (χ0v) is 8.68. The smallest absolute Gasteiger partial charge is 0.135 e. The topological polar surface area (TPSA) is 17.1 Å². The quantitative estimate of drug-likeness (QED) is 0.619. The first kappa shape index (κ1) is 9.76. The third-order valence-electron chi connectivity index (χ3n) is 3.57. The molecule has 70 valence electrons. The molecule has 1 fully saturated rings. The van der Waals surface area contributed by atoms with Crippen LogP contribution in [0.2, 0.25) is 0 Å². The molecular formula is C11H20O. The third kappa shape index (κ3) is 1.70. The Bertz CT molecular complexity index is 183. The van der Waals surface area contributed by atoms with Crippen LogP contribution in [0, 0.1) is 17.3 Å². The van der Waals surface area contributed by atoms with Crippen LogP contribution < -0.4 is 0 Å². The number of rotatable bonds is 2. The highest BCUT2D eigenvalue weighted by Gasteiger charge is 2.39. The lowest BCUT2D eigenvalue weighted by atomic mass is 9.82. The van der Waals surface area contributed by atoms with Crippen molar-refractivity contribution in [3.05, 3.63) is 0 Å². The van der Waals surface area contributed by atoms with Gasteiger partial charge in [-0.2, -0.15) is 0 Å². The number of hydrogen-bond acceptors (Lipinski definition) is 1. The molecule has 2 atom stereocenters. The maximum atomic E-state index is 11.3. The summed E-state index contributed by atoms with van der Waals surface area (Å²) in [6, 6.07) is 0. The van der Waals surface area contributed by atoms with Crippen LogP contribution in [0.5, 0.6) is 0 Å². The van der Waals surface area contributed by atoms with Crippen molar-refractivity contribution in [3.8, 4) is 0 Å². The Balaban J connectivity index is 2.61. The fraction of sp³-hybridized carbons (Fsp3) is 0.909. The summed E-state index contributed by atoms with van der Waals surface area (Å²) in [5, 5.41) is 0. The summed E-state index contributed by atoms with van der Waals surface area (Å²) in [6.45, 7) is 8.38. The molecule has 1 rings (SSSR count). The van der Waals surface area contributed by atoms with Gasteiger partial charge in [0.25, 0.3) is 0 Å². The van der Waals surface area contributed by atoms with Crippen LogP contribution in [0.15, 0.2) is 0 Å². The SMILES string of the molecule is CC(=O)[C@@]1(C)CC[C@H](C(C)C)C1. The molecule has 1 saturated carbocycles. The summed E-state index contributed by atoms with van der Waals surface area (Å²) < 4.78 is 0. The van der Waals surface area contributed by atoms with Gasteiger partial charge in [0.15, 0.2) is 0 Å². The van der Waals surface area contributed by atoms with E-state index in [-0.39, 0.29) is 5.41 Å². The van der Waals surface area contributed by atoms with Crippen molar-refractivity contribution < 1.29 is 4.79 Å². The normalized spacial score (nSPS) is 35.9. The lowest BCUT2D eigenvalue weighted by molar-refractivity contribution is -0.125. The van der Waals surface area contributed by atoms with Crippen LogP contribution in [0.1, 0.15) is 47.0 Å². The van der Waals surface area contributed by atoms with Crippen molar-refractivity contribution >= 4 is 5.78 Å². The van der Waals surface area contributed by atoms with Crippen molar-refractivity contribution in [3.63, 3.8) is 0 Å². The first-order valence-electron chi connectivity index (χ1n) is 4.97. The van der Waals surface area contributed by atoms with Gasteiger partial charge in [-0.25, -0.2) is 0 Å². The van der Waals surface area contributed by atoms with Crippen LogP contribution in [-0.4, -0.2) is 5.78 Å². The average molecular weight is 168 g/mol. The Kier molecular flexibility index (Phi) is 2.60. The predicted octanol–water partition coefficient (Wildman–Crippen LogP) is 3.04. The maximum Gasteiger partial charge on any atom is 0.135 e. The van der Waals surface area contributed by atoms with Crippen LogP contribution >= 0.6 is 0 Å². The van der Waals surface area contributed by atoms with E-state index in [9.17, 15) is 4.79 Å². The minimum absolute atomic E-state index is 0.00887. The Morgan fingerprint density at radius 1 is 1.50 bits per heavy atom. The molecule has 12 heavy (non-hydrogen) atoms. The van der Waals surface area contributed by atoms with Crippen LogP contribution in [-0.2, 0) is 4.79 Å². The van der Waals surface area contributed by atoms with Crippen molar-refractivity contribution in [2.75, 3.05) is 0 Å². The Morgan fingerprint density at radius 3 is 2.33 bits per heavy atom. The summed E-state index contributed by atoms with van der Waals surface area (Å²) in [4.78, 5) is 11.3. The summed E-state index contributed by atoms with van der Waals surface area (Å²) in [7, 11) is 0. The first-order chi connectivity index (χ1) is 5.46. The molecule has 0 heterocycles. The molecule has 0 spiro atoms. The van der Waals surface area contributed by atoms with E-state index < -0.39 is 0 Å². The monoisotopic (exact) mass is 168 g/mol. The highest BCUT2D eigenvalue weighted by atomic mass is 16.1. The minimum Gasteiger partial charge on any atom is -0.299 e. The Hall–Kier alpha value is -0.330. The molecule has 1 heteroatoms. The predicted molar refractivity (Wildman–Crippen MR) is 51.0 cm³/mol. The molecule has 1 nitrogen and oxygen atoms in total. The molecule has 0 unspecified atom stereocenters. The standard InChI is InChI=1S/C11H20O/c1-8(2)10-5-6-11(4,7-10)9(3)12/h8,10H,5-7H2,1-4H3/t10-,11-/m0/s1. The second kappa shape index (κ2) is 3.20. The lowest BCUT2D eigenvalue weighted by Gasteiger charge is -2.21. The molecule has 0 saturated heterocycles. The van der Waals surface area contributed by atoms with E-state index in [1.54, 1.807) is 6.92 Å². The Labute approximate surface area is 75.5 Å². The third-order valence-corrected chi connectivity index (χ3v) is 3.57. The van der Waals surface area contributed by atoms with Crippen molar-refractivity contribution in [1.82, 2.24) is 0 Å². The highest BCUT2D eigenvalue weighted by molar-refractivity contribution is 5.82. The van der Waals surface area contributed by atoms with Gasteiger partial charge in [-0.05, 0) is 38.0 Å². The van der Waals surface area contributed by atoms with Gasteiger partial charge in [0, 0.05) is 5.41 Å². The minimum atomic E-state index is 0.00887. The molecule has 1 aliphatic carbocycles. The molecule has 0 bridgehead atoms. The van der Waals surface area contributed by atoms with Gasteiger partial charge in [0.2, 0.25) is 0 Å². The molecule has 0 N–H and O–H groups in total. The van der Waals surface area contributed by atoms with Crippen LogP contribution in [0.4, 0.5) is 0 Å². The average Bonchev–Trinajstić information content (AvgIpc) is 2.33. The van der Waals surface area contributed by atoms with E-state index in [1.807, 2.05) is 0 Å². The maximum absolute atomic E-state index is 11.3. The molecule has 0 aromatic heterocycles. The van der Waals surface area contributed by atoms with Gasteiger partial charge in [0.05, 0.1) is 0 Å². The number of hydrogen-bond donors (Lipinski definition) is 0. The van der Waals surface area contributed by atoms with Crippen molar-refractivity contribution in [1.29, 1.82) is 0 Å². The van der Waals surface area contributed by atoms with E-state index in [4.69, 9.17) is 0 Å². The van der Waals surface area contributed by atoms with Gasteiger partial charge in [-0.15, -0.1) is 0 Å². The molecule has 0 aromatic rings. The van der Waals surface area contributed by atoms with Gasteiger partial charge in [0.1, 0.15) is 5.78 Å². The van der Waals surface area contributed by atoms with Gasteiger partial charge in [-0.1, -0.05) is 20.8 Å². The van der Waals surface area contributed by atoms with E-state index in [0.29, 0.717) is 5.78 Å². The fourth-order valence-corrected chi connectivity index (χ4v) is 2.18. The summed E-state index contributed by atoms with van der Waals surface area (Å²) >= 11 is 0. The van der Waals surface area contributed by atoms with Gasteiger partial charge >= 0.3 is 0 Å². The molecule has 0 radical (unpaired) electrons. The number of carbonyl (C=O) groups excluding carboxylic acids is 1. The number of ketones is 1. The van der Waals surface area contributed by atoms with Crippen LogP contribution in [0.25, 0.3) is 0 Å². The molecule has 0 aromatic carbocycles. The zero-order chi connectivity index (χ0) is 9.35. The largest absolute Gasteiger partial charge is 0.299 e. The van der Waals surface area contributed by atoms with Gasteiger partial charge in [-0.3, -0.25) is 4.79 Å². The molecule has 1 aliphatic rings. The zero-order valence-electron chi connectivity index (χ0n) is 8.68. The van der Waals surface area contributed by atoms with E-state index in [2.05, 4.69) is 20.8 Å². The summed E-state index contributed by atoms with van der Waals surface area (Å²) in [5.74, 6) is 1.90. The number of Topliss-reactive ketones (excluding diaryl/α,β-unsaturated/α-hetero) is 1. The number of carbonyl (C=O) groups is 1. The summed E-state index contributed by atoms with van der Waals surface area (Å²) in [6.07, 6.45) is 3.46. The highest BCUT2D eigenvalue weighted by Crippen LogP contribution is 2.44. The van der Waals surface area contributed by atoms with Gasteiger partial charge < -0.3 is 0 Å². The summed E-state index contributed by atoms with van der Waals surface area (Å²) in [5.41, 5.74) is 0.00887. The van der Waals surface area contributed by atoms with E-state index in [1.165, 1.54) is 6.42 Å². The fourth-order valence-electron chi connectivity index (χ4n) is 2.18.